The van der Waals surface area contributed by atoms with E-state index in [4.69, 9.17) is 0 Å². The number of hydrogen-bond acceptors (Lipinski definition) is 4. The number of hydrogen-bond donors (Lipinski definition) is 1. The lowest BCUT2D eigenvalue weighted by molar-refractivity contribution is -0.122. The molecule has 7 heteroatoms. The van der Waals surface area contributed by atoms with Crippen LogP contribution in [-0.2, 0) is 9.59 Å². The van der Waals surface area contributed by atoms with Crippen molar-refractivity contribution in [3.63, 3.8) is 0 Å². The van der Waals surface area contributed by atoms with E-state index in [1.165, 1.54) is 6.08 Å². The molecular formula is C18H13BrN2O3S. The van der Waals surface area contributed by atoms with Crippen LogP contribution in [0.1, 0.15) is 5.56 Å². The number of nitrogens with one attached hydrogen (secondary N) is 1. The van der Waals surface area contributed by atoms with E-state index in [0.29, 0.717) is 11.3 Å². The summed E-state index contributed by atoms with van der Waals surface area (Å²) in [6.45, 7) is 0. The van der Waals surface area contributed by atoms with Crippen molar-refractivity contribution < 1.29 is 14.4 Å². The first-order valence-corrected chi connectivity index (χ1v) is 9.32. The van der Waals surface area contributed by atoms with Crippen molar-refractivity contribution in [3.8, 4) is 0 Å². The zero-order valence-electron chi connectivity index (χ0n) is 13.2. The van der Waals surface area contributed by atoms with Crippen molar-refractivity contribution in [2.45, 2.75) is 4.90 Å². The normalized spacial score (nSPS) is 16.3. The molecule has 1 aliphatic heterocycles. The molecule has 1 saturated heterocycles. The Hall–Kier alpha value is -2.38. The molecule has 1 N–H and O–H groups in total. The Labute approximate surface area is 157 Å². The molecule has 5 nitrogen and oxygen atoms in total. The molecule has 1 fully saturated rings. The molecule has 0 radical (unpaired) electrons. The Morgan fingerprint density at radius 1 is 1.00 bits per heavy atom. The zero-order valence-corrected chi connectivity index (χ0v) is 15.6. The molecule has 0 unspecified atom stereocenters. The predicted octanol–water partition coefficient (Wildman–Crippen LogP) is 3.84. The molecule has 0 aliphatic carbocycles. The van der Waals surface area contributed by atoms with Crippen LogP contribution in [0.3, 0.4) is 0 Å². The number of thioether (sulfide) groups is 1. The Bertz CT molecular complexity index is 876. The number of nitrogens with zero attached hydrogens (tertiary/aromatic N) is 1. The third-order valence-electron chi connectivity index (χ3n) is 3.61. The van der Waals surface area contributed by atoms with E-state index >= 15 is 0 Å². The fourth-order valence-electron chi connectivity index (χ4n) is 2.35. The minimum Gasteiger partial charge on any atom is -0.273 e. The molecule has 4 amide bonds. The molecule has 2 aromatic rings. The number of benzene rings is 2. The summed E-state index contributed by atoms with van der Waals surface area (Å²) in [7, 11) is 0. The highest BCUT2D eigenvalue weighted by molar-refractivity contribution is 9.10. The van der Waals surface area contributed by atoms with Gasteiger partial charge in [0.15, 0.2) is 0 Å². The highest BCUT2D eigenvalue weighted by Gasteiger charge is 2.36. The van der Waals surface area contributed by atoms with Gasteiger partial charge >= 0.3 is 6.03 Å². The van der Waals surface area contributed by atoms with Crippen LogP contribution < -0.4 is 10.2 Å². The van der Waals surface area contributed by atoms with E-state index in [9.17, 15) is 14.4 Å². The highest BCUT2D eigenvalue weighted by atomic mass is 79.9. The highest BCUT2D eigenvalue weighted by Crippen LogP contribution is 2.24. The average molecular weight is 417 g/mol. The lowest BCUT2D eigenvalue weighted by Gasteiger charge is -2.26. The summed E-state index contributed by atoms with van der Waals surface area (Å²) < 4.78 is 0.821. The van der Waals surface area contributed by atoms with E-state index in [0.717, 1.165) is 14.3 Å². The van der Waals surface area contributed by atoms with Crippen LogP contribution in [0.2, 0.25) is 0 Å². The van der Waals surface area contributed by atoms with Crippen molar-refractivity contribution in [3.05, 3.63) is 64.1 Å². The number of anilines is 1. The third-order valence-corrected chi connectivity index (χ3v) is 4.89. The van der Waals surface area contributed by atoms with Crippen LogP contribution in [0.5, 0.6) is 0 Å². The molecule has 126 valence electrons. The number of imide groups is 2. The van der Waals surface area contributed by atoms with Gasteiger partial charge in [-0.1, -0.05) is 28.1 Å². The Kier molecular flexibility index (Phi) is 5.06. The summed E-state index contributed by atoms with van der Waals surface area (Å²) >= 11 is 4.91. The summed E-state index contributed by atoms with van der Waals surface area (Å²) in [5.74, 6) is -1.35. The first-order valence-electron chi connectivity index (χ1n) is 7.30. The number of halogens is 1. The largest absolute Gasteiger partial charge is 0.335 e. The molecule has 0 spiro atoms. The second-order valence-corrected chi connectivity index (χ2v) is 7.00. The van der Waals surface area contributed by atoms with Gasteiger partial charge in [-0.2, -0.15) is 0 Å². The zero-order chi connectivity index (χ0) is 18.0. The summed E-state index contributed by atoms with van der Waals surface area (Å²) in [6.07, 6.45) is 3.45. The Morgan fingerprint density at radius 3 is 2.24 bits per heavy atom. The molecule has 0 bridgehead atoms. The number of rotatable bonds is 3. The minimum atomic E-state index is -0.757. The quantitative estimate of drug-likeness (QED) is 0.468. The van der Waals surface area contributed by atoms with E-state index in [1.54, 1.807) is 36.0 Å². The molecule has 2 aromatic carbocycles. The number of carbonyl (C=O) groups excluding carboxylic acids is 3. The Balaban J connectivity index is 1.97. The van der Waals surface area contributed by atoms with Gasteiger partial charge in [0.2, 0.25) is 0 Å². The van der Waals surface area contributed by atoms with E-state index < -0.39 is 17.8 Å². The molecule has 1 aliphatic rings. The average Bonchev–Trinajstić information content (AvgIpc) is 2.60. The van der Waals surface area contributed by atoms with Crippen molar-refractivity contribution in [2.24, 2.45) is 0 Å². The maximum Gasteiger partial charge on any atom is 0.335 e. The maximum absolute atomic E-state index is 12.7. The standard InChI is InChI=1S/C18H13BrN2O3S/c1-25-14-8-2-11(3-9-14)10-15-16(22)20-18(24)21(17(15)23)13-6-4-12(19)5-7-13/h2-10H,1H3,(H,20,22,24)/b15-10+. The molecule has 0 aromatic heterocycles. The smallest absolute Gasteiger partial charge is 0.273 e. The minimum absolute atomic E-state index is 0.0839. The maximum atomic E-state index is 12.7. The molecule has 1 heterocycles. The van der Waals surface area contributed by atoms with Gasteiger partial charge in [-0.25, -0.2) is 9.69 Å². The molecule has 0 atom stereocenters. The van der Waals surface area contributed by atoms with Gasteiger partial charge in [-0.05, 0) is 54.3 Å². The van der Waals surface area contributed by atoms with Crippen LogP contribution in [0, 0.1) is 0 Å². The van der Waals surface area contributed by atoms with E-state index in [2.05, 4.69) is 21.2 Å². The first kappa shape index (κ1) is 17.4. The van der Waals surface area contributed by atoms with Gasteiger partial charge in [0, 0.05) is 9.37 Å². The van der Waals surface area contributed by atoms with Crippen LogP contribution in [0.15, 0.2) is 63.5 Å². The molecule has 25 heavy (non-hydrogen) atoms. The number of amides is 4. The summed E-state index contributed by atoms with van der Waals surface area (Å²) in [5.41, 5.74) is 1.02. The predicted molar refractivity (Wildman–Crippen MR) is 101 cm³/mol. The summed E-state index contributed by atoms with van der Waals surface area (Å²) in [6, 6.07) is 13.4. The van der Waals surface area contributed by atoms with E-state index in [-0.39, 0.29) is 5.57 Å². The summed E-state index contributed by atoms with van der Waals surface area (Å²) in [4.78, 5) is 39.0. The van der Waals surface area contributed by atoms with Crippen LogP contribution in [0.25, 0.3) is 6.08 Å². The van der Waals surface area contributed by atoms with Crippen LogP contribution in [-0.4, -0.2) is 24.1 Å². The van der Waals surface area contributed by atoms with Gasteiger partial charge in [-0.3, -0.25) is 14.9 Å². The number of barbiturate groups is 1. The monoisotopic (exact) mass is 416 g/mol. The second kappa shape index (κ2) is 7.25. The summed E-state index contributed by atoms with van der Waals surface area (Å²) in [5, 5.41) is 2.21. The SMILES string of the molecule is CSc1ccc(/C=C2\C(=O)NC(=O)N(c3ccc(Br)cc3)C2=O)cc1. The Morgan fingerprint density at radius 2 is 1.64 bits per heavy atom. The fraction of sp³-hybridized carbons (Fsp3) is 0.0556. The topological polar surface area (TPSA) is 66.5 Å². The number of urea groups is 1. The van der Waals surface area contributed by atoms with Gasteiger partial charge in [0.25, 0.3) is 11.8 Å². The molecule has 0 saturated carbocycles. The lowest BCUT2D eigenvalue weighted by Crippen LogP contribution is -2.54. The third kappa shape index (κ3) is 3.67. The van der Waals surface area contributed by atoms with Crippen molar-refractivity contribution in [1.29, 1.82) is 0 Å². The number of carbonyl (C=O) groups is 3. The lowest BCUT2D eigenvalue weighted by atomic mass is 10.1. The second-order valence-electron chi connectivity index (χ2n) is 5.21. The van der Waals surface area contributed by atoms with Gasteiger partial charge in [0.05, 0.1) is 5.69 Å². The van der Waals surface area contributed by atoms with Gasteiger partial charge in [0.1, 0.15) is 5.57 Å². The fourth-order valence-corrected chi connectivity index (χ4v) is 3.02. The van der Waals surface area contributed by atoms with Crippen LogP contribution >= 0.6 is 27.7 Å². The molecular weight excluding hydrogens is 404 g/mol. The molecule has 3 rings (SSSR count). The van der Waals surface area contributed by atoms with E-state index in [1.807, 2.05) is 30.5 Å². The van der Waals surface area contributed by atoms with Gasteiger partial charge in [-0.15, -0.1) is 11.8 Å². The van der Waals surface area contributed by atoms with Gasteiger partial charge < -0.3 is 0 Å². The van der Waals surface area contributed by atoms with Crippen molar-refractivity contribution in [1.82, 2.24) is 5.32 Å². The van der Waals surface area contributed by atoms with Crippen LogP contribution in [0.4, 0.5) is 10.5 Å². The van der Waals surface area contributed by atoms with Crippen molar-refractivity contribution in [2.75, 3.05) is 11.2 Å². The van der Waals surface area contributed by atoms with Crippen molar-refractivity contribution >= 4 is 57.3 Å². The first-order chi connectivity index (χ1) is 12.0.